The number of hydrogen-bond acceptors (Lipinski definition) is 5. The van der Waals surface area contributed by atoms with Crippen LogP contribution >= 0.6 is 22.6 Å². The van der Waals surface area contributed by atoms with E-state index in [9.17, 15) is 19.8 Å². The van der Waals surface area contributed by atoms with Crippen LogP contribution in [-0.2, 0) is 11.3 Å². The van der Waals surface area contributed by atoms with Gasteiger partial charge in [0.25, 0.3) is 11.5 Å². The Labute approximate surface area is 186 Å². The molecular weight excluding hydrogens is 497 g/mol. The number of hydrogen-bond donors (Lipinski definition) is 4. The minimum absolute atomic E-state index is 0.0631. The van der Waals surface area contributed by atoms with E-state index in [1.54, 1.807) is 38.1 Å². The molecule has 0 fully saturated rings. The Balaban J connectivity index is 1.82. The van der Waals surface area contributed by atoms with Crippen LogP contribution in [0.1, 0.15) is 25.0 Å². The van der Waals surface area contributed by atoms with E-state index in [-0.39, 0.29) is 29.6 Å². The number of aromatic nitrogens is 1. The molecular formula is C22H20IN3O4. The average molecular weight is 517 g/mol. The predicted molar refractivity (Wildman–Crippen MR) is 126 cm³/mol. The summed E-state index contributed by atoms with van der Waals surface area (Å²) in [6.07, 6.45) is 3.18. The number of rotatable bonds is 5. The summed E-state index contributed by atoms with van der Waals surface area (Å²) in [6, 6.07) is 10.2. The number of halogens is 1. The largest absolute Gasteiger partial charge is 0.506 e. The van der Waals surface area contributed by atoms with Crippen molar-refractivity contribution in [2.24, 2.45) is 4.99 Å². The molecule has 0 spiro atoms. The first-order valence-corrected chi connectivity index (χ1v) is 10.2. The number of phenols is 1. The summed E-state index contributed by atoms with van der Waals surface area (Å²) in [6.45, 7) is 3.69. The smallest absolute Gasteiger partial charge is 0.258 e. The van der Waals surface area contributed by atoms with E-state index < -0.39 is 0 Å². The zero-order valence-electron chi connectivity index (χ0n) is 16.4. The van der Waals surface area contributed by atoms with Crippen LogP contribution in [0.4, 0.5) is 5.69 Å². The number of anilines is 1. The van der Waals surface area contributed by atoms with Crippen LogP contribution in [0.2, 0.25) is 0 Å². The van der Waals surface area contributed by atoms with Crippen LogP contribution in [0, 0.1) is 3.57 Å². The minimum Gasteiger partial charge on any atom is -0.506 e. The molecule has 0 unspecified atom stereocenters. The van der Waals surface area contributed by atoms with Gasteiger partial charge in [-0.1, -0.05) is 12.1 Å². The van der Waals surface area contributed by atoms with Crippen molar-refractivity contribution in [3.63, 3.8) is 0 Å². The molecule has 30 heavy (non-hydrogen) atoms. The summed E-state index contributed by atoms with van der Waals surface area (Å²) < 4.78 is 0.926. The molecule has 8 heteroatoms. The summed E-state index contributed by atoms with van der Waals surface area (Å²) in [4.78, 5) is 30.7. The number of aliphatic imine (C=N–C) groups is 1. The van der Waals surface area contributed by atoms with Gasteiger partial charge in [0.05, 0.1) is 17.8 Å². The molecule has 0 saturated heterocycles. The Morgan fingerprint density at radius 1 is 1.20 bits per heavy atom. The number of carbonyl (C=O) groups is 1. The Hall–Kier alpha value is -3.14. The van der Waals surface area contributed by atoms with Crippen molar-refractivity contribution < 1.29 is 15.0 Å². The van der Waals surface area contributed by atoms with Crippen molar-refractivity contribution in [1.82, 2.24) is 4.98 Å². The Morgan fingerprint density at radius 3 is 2.67 bits per heavy atom. The number of allylic oxidation sites excluding steroid dienone is 1. The fourth-order valence-corrected chi connectivity index (χ4v) is 3.30. The topological polar surface area (TPSA) is 115 Å². The average Bonchev–Trinajstić information content (AvgIpc) is 2.71. The maximum atomic E-state index is 12.0. The maximum absolute atomic E-state index is 12.0. The number of fused-ring (bicyclic) bond motifs is 1. The van der Waals surface area contributed by atoms with Crippen molar-refractivity contribution in [1.29, 1.82) is 0 Å². The quantitative estimate of drug-likeness (QED) is 0.177. The second-order valence-electron chi connectivity index (χ2n) is 6.65. The van der Waals surface area contributed by atoms with E-state index in [2.05, 4.69) is 37.9 Å². The van der Waals surface area contributed by atoms with E-state index >= 15 is 0 Å². The normalized spacial score (nSPS) is 11.9. The van der Waals surface area contributed by atoms with Crippen molar-refractivity contribution in [3.05, 3.63) is 73.1 Å². The Morgan fingerprint density at radius 2 is 1.97 bits per heavy atom. The molecule has 0 aliphatic heterocycles. The van der Waals surface area contributed by atoms with Crippen molar-refractivity contribution in [2.75, 3.05) is 5.32 Å². The van der Waals surface area contributed by atoms with Crippen LogP contribution in [0.15, 0.2) is 57.8 Å². The standard InChI is InChI=1S/C22H20IN3O4/c1-3-12(2)20(28)25-18-7-4-13(8-19(18)27)10-24-11-17-16-9-14(23)5-6-15(16)21(29)26-22(17)30/h3-9,11,27H,10H2,1-2H3,(H,25,28)(H2,26,29,30). The highest BCUT2D eigenvalue weighted by Gasteiger charge is 2.10. The molecule has 1 aromatic heterocycles. The van der Waals surface area contributed by atoms with Gasteiger partial charge in [-0.3, -0.25) is 19.6 Å². The van der Waals surface area contributed by atoms with E-state index in [0.29, 0.717) is 33.2 Å². The van der Waals surface area contributed by atoms with Crippen LogP contribution in [0.5, 0.6) is 11.6 Å². The lowest BCUT2D eigenvalue weighted by Gasteiger charge is -2.09. The number of pyridine rings is 1. The fraction of sp³-hybridized carbons (Fsp3) is 0.136. The van der Waals surface area contributed by atoms with E-state index in [0.717, 1.165) is 3.57 Å². The first-order chi connectivity index (χ1) is 14.3. The number of H-pyrrole nitrogens is 1. The van der Waals surface area contributed by atoms with Crippen LogP contribution in [0.3, 0.4) is 0 Å². The Kier molecular flexibility index (Phi) is 6.56. The number of aromatic hydroxyl groups is 2. The summed E-state index contributed by atoms with van der Waals surface area (Å²) >= 11 is 2.14. The summed E-state index contributed by atoms with van der Waals surface area (Å²) in [5.74, 6) is -0.598. The van der Waals surface area contributed by atoms with E-state index in [4.69, 9.17) is 0 Å². The van der Waals surface area contributed by atoms with Crippen molar-refractivity contribution >= 4 is 51.2 Å². The summed E-state index contributed by atoms with van der Waals surface area (Å²) in [5, 5.41) is 24.1. The Bertz CT molecular complexity index is 1250. The number of nitrogens with one attached hydrogen (secondary N) is 2. The fourth-order valence-electron chi connectivity index (χ4n) is 2.81. The van der Waals surface area contributed by atoms with Gasteiger partial charge in [0.1, 0.15) is 5.75 Å². The highest BCUT2D eigenvalue weighted by Crippen LogP contribution is 2.26. The molecule has 0 bridgehead atoms. The highest BCUT2D eigenvalue weighted by atomic mass is 127. The molecule has 0 atom stereocenters. The number of aromatic amines is 1. The van der Waals surface area contributed by atoms with Gasteiger partial charge >= 0.3 is 0 Å². The van der Waals surface area contributed by atoms with Crippen LogP contribution in [0.25, 0.3) is 10.8 Å². The molecule has 3 aromatic rings. The second kappa shape index (κ2) is 9.12. The minimum atomic E-state index is -0.369. The van der Waals surface area contributed by atoms with Crippen molar-refractivity contribution in [2.45, 2.75) is 20.4 Å². The maximum Gasteiger partial charge on any atom is 0.258 e. The summed E-state index contributed by atoms with van der Waals surface area (Å²) in [5.41, 5.74) is 1.62. The first-order valence-electron chi connectivity index (χ1n) is 9.10. The molecule has 2 aromatic carbocycles. The lowest BCUT2D eigenvalue weighted by Crippen LogP contribution is -2.12. The van der Waals surface area contributed by atoms with Crippen LogP contribution in [-0.4, -0.2) is 27.3 Å². The predicted octanol–water partition coefficient (Wildman–Crippen LogP) is 4.07. The van der Waals surface area contributed by atoms with Crippen molar-refractivity contribution in [3.8, 4) is 11.6 Å². The third-order valence-electron chi connectivity index (χ3n) is 4.60. The SMILES string of the molecule is CC=C(C)C(=O)Nc1ccc(CN=Cc2c(O)[nH]c(=O)c3ccc(I)cc23)cc1O. The van der Waals surface area contributed by atoms with Gasteiger partial charge in [-0.05, 0) is 72.3 Å². The van der Waals surface area contributed by atoms with Gasteiger partial charge in [0, 0.05) is 26.1 Å². The van der Waals surface area contributed by atoms with Gasteiger partial charge in [-0.2, -0.15) is 0 Å². The second-order valence-corrected chi connectivity index (χ2v) is 7.90. The number of carbonyl (C=O) groups excluding carboxylic acids is 1. The molecule has 0 saturated carbocycles. The zero-order chi connectivity index (χ0) is 21.8. The van der Waals surface area contributed by atoms with Gasteiger partial charge in [-0.25, -0.2) is 0 Å². The lowest BCUT2D eigenvalue weighted by molar-refractivity contribution is -0.112. The van der Waals surface area contributed by atoms with Crippen LogP contribution < -0.4 is 10.9 Å². The third kappa shape index (κ3) is 4.70. The molecule has 0 aliphatic rings. The summed E-state index contributed by atoms with van der Waals surface area (Å²) in [7, 11) is 0. The van der Waals surface area contributed by atoms with Gasteiger partial charge in [0.2, 0.25) is 5.88 Å². The molecule has 7 nitrogen and oxygen atoms in total. The molecule has 1 amide bonds. The van der Waals surface area contributed by atoms with Gasteiger partial charge in [0.15, 0.2) is 0 Å². The molecule has 3 rings (SSSR count). The molecule has 1 heterocycles. The molecule has 154 valence electrons. The number of phenolic OH excluding ortho intramolecular Hbond substituents is 1. The highest BCUT2D eigenvalue weighted by molar-refractivity contribution is 14.1. The van der Waals surface area contributed by atoms with Gasteiger partial charge in [-0.15, -0.1) is 0 Å². The molecule has 0 radical (unpaired) electrons. The van der Waals surface area contributed by atoms with Gasteiger partial charge < -0.3 is 15.5 Å². The van der Waals surface area contributed by atoms with E-state index in [1.165, 1.54) is 12.3 Å². The first kappa shape index (κ1) is 21.6. The lowest BCUT2D eigenvalue weighted by atomic mass is 10.1. The third-order valence-corrected chi connectivity index (χ3v) is 5.27. The zero-order valence-corrected chi connectivity index (χ0v) is 18.5. The molecule has 0 aliphatic carbocycles. The number of amides is 1. The number of benzene rings is 2. The molecule has 4 N–H and O–H groups in total. The number of nitrogens with zero attached hydrogens (tertiary/aromatic N) is 1. The van der Waals surface area contributed by atoms with E-state index in [1.807, 2.05) is 12.1 Å². The monoisotopic (exact) mass is 517 g/mol.